The minimum absolute atomic E-state index is 0.242. The highest BCUT2D eigenvalue weighted by Gasteiger charge is 2.29. The van der Waals surface area contributed by atoms with Gasteiger partial charge in [0.15, 0.2) is 6.29 Å². The molecule has 0 aromatic carbocycles. The van der Waals surface area contributed by atoms with E-state index < -0.39 is 16.0 Å². The first-order valence-electron chi connectivity index (χ1n) is 13.7. The maximum atomic E-state index is 12.0. The van der Waals surface area contributed by atoms with Crippen molar-refractivity contribution in [3.63, 3.8) is 0 Å². The Morgan fingerprint density at radius 2 is 1.38 bits per heavy atom. The lowest BCUT2D eigenvalue weighted by atomic mass is 9.97. The summed E-state index contributed by atoms with van der Waals surface area (Å²) in [5.41, 5.74) is 4.70. The standard InChI is InChI=1S/C14H20N2O3S.C11H20N2O2S.C3H3BrO2/c1-14(2,3)19-13(18)16-6-4-10(5-7-16)12-15-8-11(9-17)20-12;1-11(2,3)15-10(14)13-6-4-8(5-7-13)9(12)16;4-3(1-5)2-6/h8-10H,4-7H2,1-3H3;8H,4-7H2,1-3H3,(H2,12,16);1-3H. The van der Waals surface area contributed by atoms with Crippen molar-refractivity contribution >= 4 is 75.5 Å². The number of rotatable bonds is 5. The number of likely N-dealkylation sites (tertiary alicyclic amines) is 2. The fourth-order valence-electron chi connectivity index (χ4n) is 3.88. The monoisotopic (exact) mass is 690 g/mol. The number of piperidine rings is 2. The molecule has 14 heteroatoms. The summed E-state index contributed by atoms with van der Waals surface area (Å²) in [5, 5.41) is 0.996. The van der Waals surface area contributed by atoms with E-state index in [1.54, 1.807) is 16.0 Å². The molecule has 236 valence electrons. The van der Waals surface area contributed by atoms with Crippen LogP contribution in [0.5, 0.6) is 0 Å². The zero-order valence-corrected chi connectivity index (χ0v) is 28.4. The summed E-state index contributed by atoms with van der Waals surface area (Å²) in [6.07, 6.45) is 6.42. The van der Waals surface area contributed by atoms with Crippen molar-refractivity contribution in [1.29, 1.82) is 0 Å². The molecule has 11 nitrogen and oxygen atoms in total. The lowest BCUT2D eigenvalue weighted by molar-refractivity contribution is -0.113. The third-order valence-electron chi connectivity index (χ3n) is 5.96. The van der Waals surface area contributed by atoms with Gasteiger partial charge in [-0.3, -0.25) is 4.79 Å². The molecule has 2 aliphatic rings. The minimum atomic E-state index is -0.613. The van der Waals surface area contributed by atoms with Crippen LogP contribution in [0.25, 0.3) is 0 Å². The molecule has 3 rings (SSSR count). The Hall–Kier alpha value is -2.45. The molecule has 0 aliphatic carbocycles. The second-order valence-electron chi connectivity index (χ2n) is 11.8. The number of aromatic nitrogens is 1. The highest BCUT2D eigenvalue weighted by molar-refractivity contribution is 9.10. The first-order chi connectivity index (χ1) is 19.5. The number of thiazole rings is 1. The third-order valence-corrected chi connectivity index (χ3v) is 7.81. The lowest BCUT2D eigenvalue weighted by Gasteiger charge is -2.33. The molecular formula is C28H43BrN4O7S2. The zero-order valence-electron chi connectivity index (χ0n) is 25.2. The average Bonchev–Trinajstić information content (AvgIpc) is 3.41. The molecule has 0 radical (unpaired) electrons. The van der Waals surface area contributed by atoms with Crippen LogP contribution in [0.15, 0.2) is 6.20 Å². The summed E-state index contributed by atoms with van der Waals surface area (Å²) in [7, 11) is 0. The Morgan fingerprint density at radius 3 is 1.69 bits per heavy atom. The molecule has 2 amide bonds. The van der Waals surface area contributed by atoms with Crippen LogP contribution in [0.1, 0.15) is 87.8 Å². The van der Waals surface area contributed by atoms with Gasteiger partial charge in [-0.15, -0.1) is 11.3 Å². The van der Waals surface area contributed by atoms with Gasteiger partial charge >= 0.3 is 12.2 Å². The predicted octanol–water partition coefficient (Wildman–Crippen LogP) is 5.14. The SMILES string of the molecule is CC(C)(C)OC(=O)N1CCC(C(N)=S)CC1.CC(C)(C)OC(=O)N1CCC(c2ncc(C=O)s2)CC1.O=CC(Br)C=O. The van der Waals surface area contributed by atoms with E-state index in [1.807, 2.05) is 41.5 Å². The van der Waals surface area contributed by atoms with Crippen molar-refractivity contribution in [2.75, 3.05) is 26.2 Å². The van der Waals surface area contributed by atoms with Crippen LogP contribution in [0.3, 0.4) is 0 Å². The van der Waals surface area contributed by atoms with Crippen LogP contribution in [0, 0.1) is 5.92 Å². The molecule has 1 aromatic heterocycles. The predicted molar refractivity (Wildman–Crippen MR) is 169 cm³/mol. The van der Waals surface area contributed by atoms with E-state index in [9.17, 15) is 24.0 Å². The second-order valence-corrected chi connectivity index (χ2v) is 14.4. The van der Waals surface area contributed by atoms with Crippen molar-refractivity contribution < 1.29 is 33.4 Å². The molecule has 1 aromatic rings. The number of hydrogen-bond donors (Lipinski definition) is 1. The van der Waals surface area contributed by atoms with Crippen molar-refractivity contribution in [1.82, 2.24) is 14.8 Å². The maximum absolute atomic E-state index is 12.0. The number of hydrogen-bond acceptors (Lipinski definition) is 10. The van der Waals surface area contributed by atoms with Gasteiger partial charge in [0.25, 0.3) is 0 Å². The van der Waals surface area contributed by atoms with E-state index in [-0.39, 0.29) is 18.1 Å². The second kappa shape index (κ2) is 17.6. The van der Waals surface area contributed by atoms with Gasteiger partial charge in [-0.05, 0) is 67.2 Å². The number of amides is 2. The summed E-state index contributed by atoms with van der Waals surface area (Å²) in [5.74, 6) is 0.612. The van der Waals surface area contributed by atoms with Crippen molar-refractivity contribution in [3.05, 3.63) is 16.1 Å². The number of alkyl halides is 1. The van der Waals surface area contributed by atoms with Crippen molar-refractivity contribution in [2.45, 2.75) is 89.2 Å². The fourth-order valence-corrected chi connectivity index (χ4v) is 5.02. The number of nitrogens with two attached hydrogens (primary N) is 1. The Bertz CT molecular complexity index is 1050. The number of aldehydes is 3. The fraction of sp³-hybridized carbons (Fsp3) is 0.679. The van der Waals surface area contributed by atoms with Crippen molar-refractivity contribution in [2.24, 2.45) is 11.7 Å². The van der Waals surface area contributed by atoms with Gasteiger partial charge in [-0.1, -0.05) is 28.1 Å². The molecule has 0 atom stereocenters. The van der Waals surface area contributed by atoms with Crippen LogP contribution in [-0.4, -0.2) is 93.0 Å². The molecule has 2 saturated heterocycles. The van der Waals surface area contributed by atoms with Crippen LogP contribution >= 0.6 is 39.5 Å². The molecular weight excluding hydrogens is 648 g/mol. The molecule has 0 saturated carbocycles. The van der Waals surface area contributed by atoms with E-state index in [4.69, 9.17) is 27.4 Å². The number of carbonyl (C=O) groups excluding carboxylic acids is 5. The Balaban J connectivity index is 0.000000359. The Kier molecular flexibility index (Phi) is 15.8. The Labute approximate surface area is 266 Å². The van der Waals surface area contributed by atoms with Crippen LogP contribution in [-0.2, 0) is 19.1 Å². The van der Waals surface area contributed by atoms with Gasteiger partial charge in [-0.2, -0.15) is 0 Å². The van der Waals surface area contributed by atoms with E-state index >= 15 is 0 Å². The van der Waals surface area contributed by atoms with Crippen LogP contribution in [0.4, 0.5) is 9.59 Å². The largest absolute Gasteiger partial charge is 0.444 e. The summed E-state index contributed by atoms with van der Waals surface area (Å²) < 4.78 is 10.7. The first kappa shape index (κ1) is 37.6. The summed E-state index contributed by atoms with van der Waals surface area (Å²) in [4.78, 5) is 61.6. The van der Waals surface area contributed by atoms with Gasteiger partial charge in [-0.25, -0.2) is 14.6 Å². The minimum Gasteiger partial charge on any atom is -0.444 e. The number of halogens is 1. The molecule has 42 heavy (non-hydrogen) atoms. The smallest absolute Gasteiger partial charge is 0.410 e. The quantitative estimate of drug-likeness (QED) is 0.191. The van der Waals surface area contributed by atoms with E-state index in [0.717, 1.165) is 37.0 Å². The van der Waals surface area contributed by atoms with Crippen LogP contribution in [0.2, 0.25) is 0 Å². The summed E-state index contributed by atoms with van der Waals surface area (Å²) in [6, 6.07) is 0. The molecule has 2 N–H and O–H groups in total. The number of carbonyl (C=O) groups is 5. The van der Waals surface area contributed by atoms with Gasteiger partial charge in [0.05, 0.1) is 14.9 Å². The molecule has 3 heterocycles. The number of nitrogens with zero attached hydrogens (tertiary/aromatic N) is 3. The molecule has 0 spiro atoms. The highest BCUT2D eigenvalue weighted by Crippen LogP contribution is 2.31. The van der Waals surface area contributed by atoms with Crippen LogP contribution < -0.4 is 5.73 Å². The van der Waals surface area contributed by atoms with Crippen molar-refractivity contribution in [3.8, 4) is 0 Å². The number of thiocarbonyl (C=S) groups is 1. The Morgan fingerprint density at radius 1 is 0.952 bits per heavy atom. The van der Waals surface area contributed by atoms with E-state index in [0.29, 0.717) is 54.5 Å². The lowest BCUT2D eigenvalue weighted by Crippen LogP contribution is -2.43. The third kappa shape index (κ3) is 14.6. The topological polar surface area (TPSA) is 149 Å². The summed E-state index contributed by atoms with van der Waals surface area (Å²) in [6.45, 7) is 13.9. The average molecular weight is 692 g/mol. The van der Waals surface area contributed by atoms with Gasteiger partial charge in [0.1, 0.15) is 28.6 Å². The molecule has 0 unspecified atom stereocenters. The summed E-state index contributed by atoms with van der Waals surface area (Å²) >= 11 is 9.14. The van der Waals surface area contributed by atoms with Gasteiger partial charge < -0.3 is 34.6 Å². The number of ether oxygens (including phenoxy) is 2. The molecule has 2 fully saturated rings. The maximum Gasteiger partial charge on any atom is 0.410 e. The van der Waals surface area contributed by atoms with E-state index in [2.05, 4.69) is 20.9 Å². The molecule has 0 bridgehead atoms. The van der Waals surface area contributed by atoms with Gasteiger partial charge in [0.2, 0.25) is 0 Å². The van der Waals surface area contributed by atoms with Gasteiger partial charge in [0, 0.05) is 44.2 Å². The highest BCUT2D eigenvalue weighted by atomic mass is 79.9. The zero-order chi connectivity index (χ0) is 32.1. The first-order valence-corrected chi connectivity index (χ1v) is 15.8. The normalized spacial score (nSPS) is 16.3. The molecule has 2 aliphatic heterocycles. The van der Waals surface area contributed by atoms with E-state index in [1.165, 1.54) is 11.3 Å².